The van der Waals surface area contributed by atoms with E-state index in [0.29, 0.717) is 42.5 Å². The van der Waals surface area contributed by atoms with Gasteiger partial charge in [-0.2, -0.15) is 0 Å². The summed E-state index contributed by atoms with van der Waals surface area (Å²) in [6.45, 7) is 0.605. The Labute approximate surface area is 192 Å². The van der Waals surface area contributed by atoms with Crippen LogP contribution in [0.25, 0.3) is 0 Å². The summed E-state index contributed by atoms with van der Waals surface area (Å²) in [6, 6.07) is 19.8. The summed E-state index contributed by atoms with van der Waals surface area (Å²) in [7, 11) is 3.18. The highest BCUT2D eigenvalue weighted by Gasteiger charge is 2.24. The van der Waals surface area contributed by atoms with E-state index < -0.39 is 5.97 Å². The summed E-state index contributed by atoms with van der Waals surface area (Å²) >= 11 is 0. The smallest absolute Gasteiger partial charge is 0.342 e. The maximum absolute atomic E-state index is 12.8. The summed E-state index contributed by atoms with van der Waals surface area (Å²) in [5.74, 6) is 1.39. The number of ether oxygens (including phenoxy) is 4. The van der Waals surface area contributed by atoms with Crippen LogP contribution in [-0.4, -0.2) is 44.1 Å². The number of nitrogens with zero attached hydrogens (tertiary/aromatic N) is 1. The van der Waals surface area contributed by atoms with E-state index in [1.807, 2.05) is 30.3 Å². The molecule has 33 heavy (non-hydrogen) atoms. The van der Waals surface area contributed by atoms with Gasteiger partial charge in [-0.3, -0.25) is 4.79 Å². The van der Waals surface area contributed by atoms with Crippen LogP contribution in [0, 0.1) is 0 Å². The molecule has 170 valence electrons. The highest BCUT2D eigenvalue weighted by atomic mass is 16.5. The lowest BCUT2D eigenvalue weighted by atomic mass is 9.99. The van der Waals surface area contributed by atoms with E-state index in [-0.39, 0.29) is 18.1 Å². The summed E-state index contributed by atoms with van der Waals surface area (Å²) in [5.41, 5.74) is 2.36. The molecule has 1 aliphatic heterocycles. The van der Waals surface area contributed by atoms with Crippen LogP contribution in [0.3, 0.4) is 0 Å². The van der Waals surface area contributed by atoms with E-state index in [1.165, 1.54) is 0 Å². The molecule has 3 aromatic carbocycles. The highest BCUT2D eigenvalue weighted by molar-refractivity contribution is 5.94. The van der Waals surface area contributed by atoms with Gasteiger partial charge >= 0.3 is 5.97 Å². The van der Waals surface area contributed by atoms with Gasteiger partial charge in [-0.15, -0.1) is 0 Å². The molecule has 3 aromatic rings. The number of para-hydroxylation sites is 2. The number of methoxy groups -OCH3 is 2. The molecule has 0 spiro atoms. The third-order valence-corrected chi connectivity index (χ3v) is 5.48. The minimum Gasteiger partial charge on any atom is -0.493 e. The molecule has 0 radical (unpaired) electrons. The van der Waals surface area contributed by atoms with Gasteiger partial charge in [-0.05, 0) is 53.9 Å². The quantitative estimate of drug-likeness (QED) is 0.505. The molecule has 0 unspecified atom stereocenters. The highest BCUT2D eigenvalue weighted by Crippen LogP contribution is 2.33. The lowest BCUT2D eigenvalue weighted by molar-refractivity contribution is -0.135. The van der Waals surface area contributed by atoms with Crippen molar-refractivity contribution in [2.75, 3.05) is 27.4 Å². The van der Waals surface area contributed by atoms with Crippen molar-refractivity contribution >= 4 is 11.9 Å². The SMILES string of the molecule is COc1cc2c(cc1OC)CN(C(=O)COC(=O)c1ccccc1Oc1ccccc1)CC2. The Morgan fingerprint density at radius 3 is 2.24 bits per heavy atom. The monoisotopic (exact) mass is 447 g/mol. The predicted molar refractivity (Wildman–Crippen MR) is 122 cm³/mol. The predicted octanol–water partition coefficient (Wildman–Crippen LogP) is 4.24. The van der Waals surface area contributed by atoms with Gasteiger partial charge in [0.25, 0.3) is 5.91 Å². The van der Waals surface area contributed by atoms with Gasteiger partial charge in [0.15, 0.2) is 18.1 Å². The van der Waals surface area contributed by atoms with Crippen LogP contribution < -0.4 is 14.2 Å². The number of amides is 1. The molecule has 4 rings (SSSR count). The fraction of sp³-hybridized carbons (Fsp3) is 0.231. The van der Waals surface area contributed by atoms with Gasteiger partial charge in [-0.25, -0.2) is 4.79 Å². The second kappa shape index (κ2) is 10.1. The number of carbonyl (C=O) groups excluding carboxylic acids is 2. The van der Waals surface area contributed by atoms with Crippen molar-refractivity contribution in [3.63, 3.8) is 0 Å². The average molecular weight is 447 g/mol. The second-order valence-electron chi connectivity index (χ2n) is 7.53. The number of benzene rings is 3. The van der Waals surface area contributed by atoms with Crippen LogP contribution in [-0.2, 0) is 22.5 Å². The van der Waals surface area contributed by atoms with Gasteiger partial charge in [0.05, 0.1) is 14.2 Å². The molecule has 7 nitrogen and oxygen atoms in total. The van der Waals surface area contributed by atoms with E-state index in [1.54, 1.807) is 55.5 Å². The van der Waals surface area contributed by atoms with E-state index in [4.69, 9.17) is 18.9 Å². The van der Waals surface area contributed by atoms with E-state index in [0.717, 1.165) is 11.1 Å². The zero-order valence-corrected chi connectivity index (χ0v) is 18.6. The molecule has 7 heteroatoms. The third kappa shape index (κ3) is 5.09. The Morgan fingerprint density at radius 1 is 0.848 bits per heavy atom. The number of fused-ring (bicyclic) bond motifs is 1. The Kier molecular flexibility index (Phi) is 6.78. The summed E-state index contributed by atoms with van der Waals surface area (Å²) < 4.78 is 21.9. The maximum atomic E-state index is 12.8. The number of carbonyl (C=O) groups is 2. The first kappa shape index (κ1) is 22.2. The number of esters is 1. The summed E-state index contributed by atoms with van der Waals surface area (Å²) in [5, 5.41) is 0. The molecular formula is C26H25NO6. The molecule has 0 atom stereocenters. The zero-order valence-electron chi connectivity index (χ0n) is 18.6. The summed E-state index contributed by atoms with van der Waals surface area (Å²) in [4.78, 5) is 27.1. The molecule has 0 aromatic heterocycles. The first-order valence-corrected chi connectivity index (χ1v) is 10.6. The largest absolute Gasteiger partial charge is 0.493 e. The topological polar surface area (TPSA) is 74.3 Å². The summed E-state index contributed by atoms with van der Waals surface area (Å²) in [6.07, 6.45) is 0.684. The molecule has 0 N–H and O–H groups in total. The van der Waals surface area contributed by atoms with Crippen molar-refractivity contribution in [1.82, 2.24) is 4.90 Å². The van der Waals surface area contributed by atoms with Crippen LogP contribution in [0.1, 0.15) is 21.5 Å². The lowest BCUT2D eigenvalue weighted by Crippen LogP contribution is -2.38. The second-order valence-corrected chi connectivity index (χ2v) is 7.53. The van der Waals surface area contributed by atoms with Gasteiger partial charge in [0.2, 0.25) is 0 Å². The van der Waals surface area contributed by atoms with Crippen molar-refractivity contribution in [3.05, 3.63) is 83.4 Å². The fourth-order valence-corrected chi connectivity index (χ4v) is 3.73. The zero-order chi connectivity index (χ0) is 23.2. The van der Waals surface area contributed by atoms with Crippen molar-refractivity contribution in [2.24, 2.45) is 0 Å². The maximum Gasteiger partial charge on any atom is 0.342 e. The normalized spacial score (nSPS) is 12.5. The van der Waals surface area contributed by atoms with Crippen LogP contribution in [0.5, 0.6) is 23.0 Å². The van der Waals surface area contributed by atoms with Crippen molar-refractivity contribution in [3.8, 4) is 23.0 Å². The minimum absolute atomic E-state index is 0.259. The molecule has 0 saturated heterocycles. The molecular weight excluding hydrogens is 422 g/mol. The molecule has 1 heterocycles. The number of hydrogen-bond acceptors (Lipinski definition) is 6. The molecule has 0 aliphatic carbocycles. The molecule has 1 aliphatic rings. The molecule has 0 bridgehead atoms. The standard InChI is InChI=1S/C26H25NO6/c1-30-23-14-18-12-13-27(16-19(18)15-24(23)31-2)25(28)17-32-26(29)21-10-6-7-11-22(21)33-20-8-4-3-5-9-20/h3-11,14-15H,12-13,16-17H2,1-2H3. The Hall–Kier alpha value is -4.00. The van der Waals surface area contributed by atoms with Crippen molar-refractivity contribution < 1.29 is 28.5 Å². The van der Waals surface area contributed by atoms with Crippen LogP contribution in [0.2, 0.25) is 0 Å². The first-order valence-electron chi connectivity index (χ1n) is 10.6. The van der Waals surface area contributed by atoms with Gasteiger partial charge in [0, 0.05) is 13.1 Å². The van der Waals surface area contributed by atoms with Gasteiger partial charge in [-0.1, -0.05) is 30.3 Å². The van der Waals surface area contributed by atoms with Gasteiger partial charge in [0.1, 0.15) is 17.1 Å². The number of rotatable bonds is 7. The molecule has 0 fully saturated rings. The average Bonchev–Trinajstić information content (AvgIpc) is 2.86. The Balaban J connectivity index is 1.39. The van der Waals surface area contributed by atoms with Crippen molar-refractivity contribution in [2.45, 2.75) is 13.0 Å². The molecule has 1 amide bonds. The van der Waals surface area contributed by atoms with Crippen LogP contribution in [0.4, 0.5) is 0 Å². The third-order valence-electron chi connectivity index (χ3n) is 5.48. The lowest BCUT2D eigenvalue weighted by Gasteiger charge is -2.29. The van der Waals surface area contributed by atoms with Crippen LogP contribution >= 0.6 is 0 Å². The van der Waals surface area contributed by atoms with E-state index >= 15 is 0 Å². The van der Waals surface area contributed by atoms with Crippen molar-refractivity contribution in [1.29, 1.82) is 0 Å². The fourth-order valence-electron chi connectivity index (χ4n) is 3.73. The van der Waals surface area contributed by atoms with Crippen LogP contribution in [0.15, 0.2) is 66.7 Å². The first-order chi connectivity index (χ1) is 16.1. The number of hydrogen-bond donors (Lipinski definition) is 0. The Bertz CT molecular complexity index is 1140. The minimum atomic E-state index is -0.612. The molecule has 0 saturated carbocycles. The van der Waals surface area contributed by atoms with E-state index in [9.17, 15) is 9.59 Å². The Morgan fingerprint density at radius 2 is 1.52 bits per heavy atom. The van der Waals surface area contributed by atoms with E-state index in [2.05, 4.69) is 0 Å². The van der Waals surface area contributed by atoms with Gasteiger partial charge < -0.3 is 23.8 Å².